The largest absolute Gasteiger partial charge is 0.278 e. The zero-order valence-electron chi connectivity index (χ0n) is 11.4. The molecule has 0 bridgehead atoms. The molecule has 1 aromatic carbocycles. The van der Waals surface area contributed by atoms with Gasteiger partial charge in [0.05, 0.1) is 5.52 Å². The minimum Gasteiger partial charge on any atom is -0.278 e. The normalized spacial score (nSPS) is 11.3. The molecule has 0 saturated heterocycles. The SMILES string of the molecule is Cc1cc(Br)cnc1-n1c2ccccc2c2cccnc21. The van der Waals surface area contributed by atoms with Crippen LogP contribution in [0.2, 0.25) is 0 Å². The van der Waals surface area contributed by atoms with Gasteiger partial charge in [0, 0.05) is 27.6 Å². The van der Waals surface area contributed by atoms with Gasteiger partial charge in [0.2, 0.25) is 0 Å². The fourth-order valence-corrected chi connectivity index (χ4v) is 3.22. The van der Waals surface area contributed by atoms with Gasteiger partial charge in [0.1, 0.15) is 11.5 Å². The van der Waals surface area contributed by atoms with Crippen molar-refractivity contribution < 1.29 is 0 Å². The van der Waals surface area contributed by atoms with Gasteiger partial charge in [-0.1, -0.05) is 18.2 Å². The van der Waals surface area contributed by atoms with Crippen molar-refractivity contribution in [3.05, 3.63) is 64.9 Å². The highest BCUT2D eigenvalue weighted by Gasteiger charge is 2.14. The Morgan fingerprint density at radius 1 is 1.00 bits per heavy atom. The fourth-order valence-electron chi connectivity index (χ4n) is 2.78. The molecule has 0 atom stereocenters. The number of aryl methyl sites for hydroxylation is 1. The molecule has 0 saturated carbocycles. The standard InChI is InChI=1S/C17H12BrN3/c1-11-9-12(18)10-20-16(11)21-15-7-3-2-5-13(15)14-6-4-8-19-17(14)21/h2-10H,1H3. The second kappa shape index (κ2) is 4.67. The average molecular weight is 338 g/mol. The zero-order valence-corrected chi connectivity index (χ0v) is 13.0. The molecule has 3 heterocycles. The van der Waals surface area contributed by atoms with E-state index in [-0.39, 0.29) is 0 Å². The Kier molecular flexibility index (Phi) is 2.79. The molecule has 0 N–H and O–H groups in total. The van der Waals surface area contributed by atoms with Crippen LogP contribution in [-0.4, -0.2) is 14.5 Å². The van der Waals surface area contributed by atoms with Gasteiger partial charge in [-0.15, -0.1) is 0 Å². The molecule has 0 spiro atoms. The summed E-state index contributed by atoms with van der Waals surface area (Å²) in [6.07, 6.45) is 3.65. The van der Waals surface area contributed by atoms with E-state index in [4.69, 9.17) is 0 Å². The van der Waals surface area contributed by atoms with Crippen molar-refractivity contribution in [1.82, 2.24) is 14.5 Å². The number of para-hydroxylation sites is 1. The lowest BCUT2D eigenvalue weighted by molar-refractivity contribution is 1.03. The van der Waals surface area contributed by atoms with Gasteiger partial charge in [0.15, 0.2) is 0 Å². The van der Waals surface area contributed by atoms with E-state index in [0.717, 1.165) is 32.4 Å². The summed E-state index contributed by atoms with van der Waals surface area (Å²) in [6.45, 7) is 2.07. The number of fused-ring (bicyclic) bond motifs is 3. The molecule has 0 aliphatic carbocycles. The molecule has 21 heavy (non-hydrogen) atoms. The van der Waals surface area contributed by atoms with Crippen molar-refractivity contribution in [2.75, 3.05) is 0 Å². The highest BCUT2D eigenvalue weighted by atomic mass is 79.9. The number of nitrogens with zero attached hydrogens (tertiary/aromatic N) is 3. The van der Waals surface area contributed by atoms with Crippen LogP contribution in [0.3, 0.4) is 0 Å². The van der Waals surface area contributed by atoms with Gasteiger partial charge in [-0.3, -0.25) is 4.57 Å². The van der Waals surface area contributed by atoms with Crippen molar-refractivity contribution in [1.29, 1.82) is 0 Å². The van der Waals surface area contributed by atoms with Crippen molar-refractivity contribution in [2.24, 2.45) is 0 Å². The van der Waals surface area contributed by atoms with Crippen LogP contribution in [-0.2, 0) is 0 Å². The third-order valence-electron chi connectivity index (χ3n) is 3.66. The molecule has 0 aliphatic rings. The van der Waals surface area contributed by atoms with Crippen LogP contribution >= 0.6 is 15.9 Å². The summed E-state index contributed by atoms with van der Waals surface area (Å²) in [5.74, 6) is 0.920. The molecule has 0 aliphatic heterocycles. The van der Waals surface area contributed by atoms with Gasteiger partial charge in [0.25, 0.3) is 0 Å². The van der Waals surface area contributed by atoms with Gasteiger partial charge in [-0.2, -0.15) is 0 Å². The van der Waals surface area contributed by atoms with E-state index in [1.165, 1.54) is 5.39 Å². The lowest BCUT2D eigenvalue weighted by Crippen LogP contribution is -2.01. The van der Waals surface area contributed by atoms with Crippen LogP contribution < -0.4 is 0 Å². The van der Waals surface area contributed by atoms with Crippen molar-refractivity contribution >= 4 is 37.9 Å². The van der Waals surface area contributed by atoms with Crippen LogP contribution in [0, 0.1) is 6.92 Å². The Bertz CT molecular complexity index is 919. The first-order valence-electron chi connectivity index (χ1n) is 6.72. The van der Waals surface area contributed by atoms with E-state index < -0.39 is 0 Å². The van der Waals surface area contributed by atoms with Crippen molar-refractivity contribution in [3.63, 3.8) is 0 Å². The average Bonchev–Trinajstić information content (AvgIpc) is 2.82. The molecule has 4 heteroatoms. The highest BCUT2D eigenvalue weighted by Crippen LogP contribution is 2.31. The summed E-state index contributed by atoms with van der Waals surface area (Å²) >= 11 is 3.47. The number of halogens is 1. The van der Waals surface area contributed by atoms with Gasteiger partial charge >= 0.3 is 0 Å². The van der Waals surface area contributed by atoms with Crippen molar-refractivity contribution in [3.8, 4) is 5.82 Å². The number of rotatable bonds is 1. The quantitative estimate of drug-likeness (QED) is 0.506. The highest BCUT2D eigenvalue weighted by molar-refractivity contribution is 9.10. The topological polar surface area (TPSA) is 30.7 Å². The summed E-state index contributed by atoms with van der Waals surface area (Å²) in [4.78, 5) is 9.17. The molecule has 3 nitrogen and oxygen atoms in total. The number of pyridine rings is 2. The maximum atomic E-state index is 4.60. The molecule has 0 radical (unpaired) electrons. The first-order valence-corrected chi connectivity index (χ1v) is 7.52. The molecule has 4 rings (SSSR count). The van der Waals surface area contributed by atoms with Crippen LogP contribution in [0.1, 0.15) is 5.56 Å². The Morgan fingerprint density at radius 2 is 1.81 bits per heavy atom. The zero-order chi connectivity index (χ0) is 14.4. The molecule has 3 aromatic heterocycles. The molecular weight excluding hydrogens is 326 g/mol. The first-order chi connectivity index (χ1) is 10.3. The van der Waals surface area contributed by atoms with E-state index in [1.54, 1.807) is 0 Å². The lowest BCUT2D eigenvalue weighted by Gasteiger charge is -2.09. The van der Waals surface area contributed by atoms with Gasteiger partial charge in [-0.25, -0.2) is 9.97 Å². The molecule has 4 aromatic rings. The number of hydrogen-bond acceptors (Lipinski definition) is 2. The summed E-state index contributed by atoms with van der Waals surface area (Å²) in [5.41, 5.74) is 3.18. The first kappa shape index (κ1) is 12.5. The molecule has 102 valence electrons. The Morgan fingerprint density at radius 3 is 2.67 bits per heavy atom. The number of hydrogen-bond donors (Lipinski definition) is 0. The Balaban J connectivity index is 2.20. The second-order valence-electron chi connectivity index (χ2n) is 5.02. The van der Waals surface area contributed by atoms with Crippen LogP contribution in [0.25, 0.3) is 27.8 Å². The van der Waals surface area contributed by atoms with Gasteiger partial charge in [-0.05, 0) is 52.7 Å². The lowest BCUT2D eigenvalue weighted by atomic mass is 10.2. The van der Waals surface area contributed by atoms with E-state index in [2.05, 4.69) is 67.7 Å². The minimum atomic E-state index is 0.920. The maximum absolute atomic E-state index is 4.60. The monoisotopic (exact) mass is 337 g/mol. The van der Waals surface area contributed by atoms with Crippen LogP contribution in [0.4, 0.5) is 0 Å². The summed E-state index contributed by atoms with van der Waals surface area (Å²) in [6, 6.07) is 14.5. The summed E-state index contributed by atoms with van der Waals surface area (Å²) in [5, 5.41) is 2.35. The van der Waals surface area contributed by atoms with E-state index in [1.807, 2.05) is 24.5 Å². The Labute approximate surface area is 130 Å². The van der Waals surface area contributed by atoms with E-state index >= 15 is 0 Å². The van der Waals surface area contributed by atoms with Crippen molar-refractivity contribution in [2.45, 2.75) is 6.92 Å². The number of aromatic nitrogens is 3. The molecule has 0 unspecified atom stereocenters. The minimum absolute atomic E-state index is 0.920. The van der Waals surface area contributed by atoms with Crippen LogP contribution in [0.5, 0.6) is 0 Å². The van der Waals surface area contributed by atoms with Gasteiger partial charge < -0.3 is 0 Å². The molecular formula is C17H12BrN3. The summed E-state index contributed by atoms with van der Waals surface area (Å²) in [7, 11) is 0. The van der Waals surface area contributed by atoms with Crippen LogP contribution in [0.15, 0.2) is 59.3 Å². The molecule has 0 amide bonds. The predicted molar refractivity (Wildman–Crippen MR) is 88.8 cm³/mol. The smallest absolute Gasteiger partial charge is 0.146 e. The Hall–Kier alpha value is -2.20. The summed E-state index contributed by atoms with van der Waals surface area (Å²) < 4.78 is 3.12. The number of benzene rings is 1. The van der Waals surface area contributed by atoms with E-state index in [0.29, 0.717) is 0 Å². The fraction of sp³-hybridized carbons (Fsp3) is 0.0588. The predicted octanol–water partition coefficient (Wildman–Crippen LogP) is 4.64. The second-order valence-corrected chi connectivity index (χ2v) is 5.94. The third-order valence-corrected chi connectivity index (χ3v) is 4.10. The van der Waals surface area contributed by atoms with E-state index in [9.17, 15) is 0 Å². The third kappa shape index (κ3) is 1.87. The maximum Gasteiger partial charge on any atom is 0.146 e. The molecule has 0 fully saturated rings.